The van der Waals surface area contributed by atoms with Crippen molar-refractivity contribution in [3.05, 3.63) is 65.7 Å². The van der Waals surface area contributed by atoms with Gasteiger partial charge in [-0.05, 0) is 44.0 Å². The molecule has 0 aromatic heterocycles. The summed E-state index contributed by atoms with van der Waals surface area (Å²) in [4.78, 5) is 11.0. The van der Waals surface area contributed by atoms with Crippen molar-refractivity contribution in [3.63, 3.8) is 0 Å². The Balaban J connectivity index is 0. The molecule has 0 spiro atoms. The molecule has 0 heterocycles. The monoisotopic (exact) mass is 497 g/mol. The van der Waals surface area contributed by atoms with Crippen LogP contribution in [-0.2, 0) is 21.3 Å². The normalized spacial score (nSPS) is 11.3. The third-order valence-electron chi connectivity index (χ3n) is 5.05. The maximum atomic E-state index is 11.2. The number of carboxylic acid groups (broad SMARTS) is 1. The van der Waals surface area contributed by atoms with Crippen molar-refractivity contribution < 1.29 is 22.9 Å². The molecule has 2 rings (SSSR count). The molecule has 2 aromatic carbocycles. The van der Waals surface area contributed by atoms with Crippen LogP contribution < -0.4 is 22.7 Å². The Morgan fingerprint density at radius 3 is 1.91 bits per heavy atom. The van der Waals surface area contributed by atoms with Crippen LogP contribution in [0.2, 0.25) is 0 Å². The highest BCUT2D eigenvalue weighted by atomic mass is 32.2. The first kappa shape index (κ1) is 33.9. The number of unbranched alkanes of at least 4 members (excludes halogenated alkanes) is 6. The summed E-state index contributed by atoms with van der Waals surface area (Å²) in [5.74, 6) is -1.01. The highest BCUT2D eigenvalue weighted by molar-refractivity contribution is 7.85. The Hall–Kier alpha value is -2.30. The number of carbonyl (C=O) groups is 1. The van der Waals surface area contributed by atoms with E-state index in [2.05, 4.69) is 12.2 Å². The van der Waals surface area contributed by atoms with Gasteiger partial charge >= 0.3 is 0 Å². The molecule has 0 amide bonds. The second-order valence-electron chi connectivity index (χ2n) is 7.90. The molecule has 0 bridgehead atoms. The second-order valence-corrected chi connectivity index (χ2v) is 9.28. The average Bonchev–Trinajstić information content (AvgIpc) is 2.75. The number of carboxylic acids is 1. The molecule has 8 nitrogen and oxygen atoms in total. The number of nitrogens with one attached hydrogen (secondary N) is 1. The van der Waals surface area contributed by atoms with Gasteiger partial charge in [-0.15, -0.1) is 0 Å². The van der Waals surface area contributed by atoms with E-state index in [1.165, 1.54) is 50.7 Å². The fourth-order valence-corrected chi connectivity index (χ4v) is 3.62. The number of aliphatic carboxylic acids is 1. The molecule has 0 aliphatic rings. The van der Waals surface area contributed by atoms with E-state index in [-0.39, 0.29) is 17.2 Å². The Morgan fingerprint density at radius 1 is 0.882 bits per heavy atom. The van der Waals surface area contributed by atoms with E-state index in [9.17, 15) is 22.9 Å². The van der Waals surface area contributed by atoms with E-state index in [4.69, 9.17) is 0 Å². The third-order valence-corrected chi connectivity index (χ3v) is 5.90. The van der Waals surface area contributed by atoms with Crippen LogP contribution in [0.15, 0.2) is 59.5 Å². The van der Waals surface area contributed by atoms with Crippen LogP contribution in [0.4, 0.5) is 0 Å². The fraction of sp³-hybridized carbons (Fsp3) is 0.480. The highest BCUT2D eigenvalue weighted by Crippen LogP contribution is 2.09. The van der Waals surface area contributed by atoms with Gasteiger partial charge < -0.3 is 32.1 Å². The van der Waals surface area contributed by atoms with Crippen molar-refractivity contribution >= 4 is 16.1 Å². The largest absolute Gasteiger partial charge is 0.744 e. The minimum absolute atomic E-state index is 0. The molecule has 0 saturated heterocycles. The molecule has 9 N–H and O–H groups in total. The first-order valence-electron chi connectivity index (χ1n) is 11.2. The maximum absolute atomic E-state index is 11.2. The van der Waals surface area contributed by atoms with Gasteiger partial charge in [0.25, 0.3) is 0 Å². The van der Waals surface area contributed by atoms with Crippen molar-refractivity contribution in [2.24, 2.45) is 0 Å². The van der Waals surface area contributed by atoms with Gasteiger partial charge in [0.05, 0.1) is 16.9 Å². The average molecular weight is 498 g/mol. The van der Waals surface area contributed by atoms with Gasteiger partial charge in [-0.25, -0.2) is 8.42 Å². The lowest BCUT2D eigenvalue weighted by atomic mass is 10.1. The van der Waals surface area contributed by atoms with Gasteiger partial charge in [0.15, 0.2) is 0 Å². The molecule has 0 fully saturated rings. The summed E-state index contributed by atoms with van der Waals surface area (Å²) in [5.41, 5.74) is 1.95. The van der Waals surface area contributed by atoms with Crippen molar-refractivity contribution in [1.29, 1.82) is 0 Å². The summed E-state index contributed by atoms with van der Waals surface area (Å²) in [6, 6.07) is 14.9. The van der Waals surface area contributed by atoms with E-state index in [0.29, 0.717) is 6.42 Å². The number of quaternary nitrogens is 2. The topological polar surface area (TPSA) is 182 Å². The predicted octanol–water partition coefficient (Wildman–Crippen LogP) is 4.34. The molecule has 0 aliphatic carbocycles. The van der Waals surface area contributed by atoms with Crippen LogP contribution in [0.1, 0.15) is 63.0 Å². The maximum Gasteiger partial charge on any atom is 0.124 e. The number of benzene rings is 2. The molecule has 194 valence electrons. The van der Waals surface area contributed by atoms with Crippen molar-refractivity contribution in [3.8, 4) is 0 Å². The van der Waals surface area contributed by atoms with Crippen LogP contribution in [0.3, 0.4) is 0 Å². The van der Waals surface area contributed by atoms with Gasteiger partial charge in [0.2, 0.25) is 0 Å². The molecule has 34 heavy (non-hydrogen) atoms. The zero-order valence-electron chi connectivity index (χ0n) is 21.1. The summed E-state index contributed by atoms with van der Waals surface area (Å²) < 4.78 is 31.2. The van der Waals surface area contributed by atoms with Crippen molar-refractivity contribution in [2.45, 2.75) is 76.2 Å². The summed E-state index contributed by atoms with van der Waals surface area (Å²) in [7, 11) is -4.27. The van der Waals surface area contributed by atoms with Gasteiger partial charge in [-0.1, -0.05) is 93.5 Å². The Kier molecular flexibility index (Phi) is 19.0. The third kappa shape index (κ3) is 15.5. The molecule has 0 radical (unpaired) electrons. The lowest BCUT2D eigenvalue weighted by Crippen LogP contribution is -2.47. The molecule has 1 atom stereocenters. The number of hydrogen-bond donors (Lipinski definition) is 3. The summed E-state index contributed by atoms with van der Waals surface area (Å²) in [6.07, 6.45) is 9.14. The van der Waals surface area contributed by atoms with Crippen LogP contribution in [0.5, 0.6) is 0 Å². The van der Waals surface area contributed by atoms with Crippen LogP contribution >= 0.6 is 0 Å². The molecular weight excluding hydrogens is 454 g/mol. The lowest BCUT2D eigenvalue weighted by Gasteiger charge is -2.19. The minimum Gasteiger partial charge on any atom is -0.744 e. The summed E-state index contributed by atoms with van der Waals surface area (Å²) in [5, 5.41) is 14.3. The lowest BCUT2D eigenvalue weighted by molar-refractivity contribution is -0.308. The molecule has 0 aliphatic heterocycles. The first-order chi connectivity index (χ1) is 15.2. The zero-order chi connectivity index (χ0) is 23.8. The van der Waals surface area contributed by atoms with Gasteiger partial charge in [-0.3, -0.25) is 0 Å². The molecular formula is C25H43N3O5S. The van der Waals surface area contributed by atoms with E-state index in [1.54, 1.807) is 12.1 Å². The van der Waals surface area contributed by atoms with E-state index < -0.39 is 22.1 Å². The fourth-order valence-electron chi connectivity index (χ4n) is 3.15. The Morgan fingerprint density at radius 2 is 1.41 bits per heavy atom. The quantitative estimate of drug-likeness (QED) is 0.273. The van der Waals surface area contributed by atoms with Gasteiger partial charge in [0.1, 0.15) is 10.1 Å². The molecule has 9 heteroatoms. The van der Waals surface area contributed by atoms with Crippen molar-refractivity contribution in [1.82, 2.24) is 17.6 Å². The van der Waals surface area contributed by atoms with Crippen molar-refractivity contribution in [2.75, 3.05) is 6.54 Å². The standard InChI is InChI=1S/C18H29NO2.C7H8O3S.2H3N/c1-2-3-4-5-6-7-11-14-19-17(18(20)21)15-16-12-9-8-10-13-16;1-6-2-4-7(5-3-6)11(8,9)10;;/h8-10,12-13,17,19H,2-7,11,14-15H2,1H3,(H,20,21);2-5H,1H3,(H,8,9,10);2*1H3/t17-;;;/m0.../s1. The zero-order valence-corrected chi connectivity index (χ0v) is 21.9. The van der Waals surface area contributed by atoms with Crippen LogP contribution in [0, 0.1) is 6.92 Å². The molecule has 2 aromatic rings. The number of carbonyl (C=O) groups excluding carboxylic acids is 1. The highest BCUT2D eigenvalue weighted by Gasteiger charge is 2.09. The summed E-state index contributed by atoms with van der Waals surface area (Å²) >= 11 is 0. The molecule has 0 saturated carbocycles. The minimum atomic E-state index is -4.27. The predicted molar refractivity (Wildman–Crippen MR) is 136 cm³/mol. The second kappa shape index (κ2) is 19.1. The first-order valence-corrected chi connectivity index (χ1v) is 12.7. The smallest absolute Gasteiger partial charge is 0.124 e. The van der Waals surface area contributed by atoms with E-state index in [0.717, 1.165) is 24.1 Å². The van der Waals surface area contributed by atoms with E-state index in [1.807, 2.05) is 37.3 Å². The molecule has 0 unspecified atom stereocenters. The van der Waals surface area contributed by atoms with Crippen LogP contribution in [0.25, 0.3) is 0 Å². The Labute approximate surface area is 205 Å². The Bertz CT molecular complexity index is 875. The SMILES string of the molecule is CCCCCCCCCN[C@@H](Cc1ccccc1)C(=O)[O-].Cc1ccc(S(=O)(=O)[O-])cc1.[NH4+].[NH4+]. The van der Waals surface area contributed by atoms with Crippen LogP contribution in [-0.4, -0.2) is 31.5 Å². The number of hydrogen-bond acceptors (Lipinski definition) is 6. The van der Waals surface area contributed by atoms with Gasteiger partial charge in [0, 0.05) is 0 Å². The number of aryl methyl sites for hydroxylation is 1. The van der Waals surface area contributed by atoms with E-state index >= 15 is 0 Å². The summed E-state index contributed by atoms with van der Waals surface area (Å²) in [6.45, 7) is 4.79. The van der Waals surface area contributed by atoms with Gasteiger partial charge in [-0.2, -0.15) is 0 Å². The number of rotatable bonds is 13.